The van der Waals surface area contributed by atoms with Crippen LogP contribution in [0, 0.1) is 19.8 Å². The Hall–Kier alpha value is -3.61. The van der Waals surface area contributed by atoms with Gasteiger partial charge < -0.3 is 10.6 Å². The molecule has 0 fully saturated rings. The Morgan fingerprint density at radius 1 is 0.969 bits per heavy atom. The van der Waals surface area contributed by atoms with Gasteiger partial charge in [-0.25, -0.2) is 4.68 Å². The van der Waals surface area contributed by atoms with Gasteiger partial charge in [-0.05, 0) is 49.9 Å². The second-order valence-electron chi connectivity index (χ2n) is 8.40. The largest absolute Gasteiger partial charge is 0.340 e. The third-order valence-electron chi connectivity index (χ3n) is 5.52. The van der Waals surface area contributed by atoms with Crippen LogP contribution in [0.5, 0.6) is 0 Å². The molecule has 7 nitrogen and oxygen atoms in total. The van der Waals surface area contributed by atoms with Crippen LogP contribution in [-0.2, 0) is 11.8 Å². The van der Waals surface area contributed by atoms with Crippen molar-refractivity contribution >= 4 is 17.5 Å². The van der Waals surface area contributed by atoms with Gasteiger partial charge in [0.05, 0.1) is 11.4 Å². The molecule has 32 heavy (non-hydrogen) atoms. The van der Waals surface area contributed by atoms with E-state index in [4.69, 9.17) is 0 Å². The predicted octanol–water partition coefficient (Wildman–Crippen LogP) is 3.58. The number of rotatable bonds is 7. The van der Waals surface area contributed by atoms with E-state index in [0.717, 1.165) is 5.56 Å². The molecule has 0 radical (unpaired) electrons. The molecule has 0 saturated carbocycles. The van der Waals surface area contributed by atoms with Crippen molar-refractivity contribution in [3.63, 3.8) is 0 Å². The lowest BCUT2D eigenvalue weighted by molar-refractivity contribution is -0.118. The summed E-state index contributed by atoms with van der Waals surface area (Å²) in [7, 11) is 1.77. The summed E-state index contributed by atoms with van der Waals surface area (Å²) in [4.78, 5) is 39.1. The normalized spacial score (nSPS) is 11.9. The quantitative estimate of drug-likeness (QED) is 0.596. The molecule has 1 atom stereocenters. The highest BCUT2D eigenvalue weighted by atomic mass is 16.2. The molecule has 2 aromatic carbocycles. The van der Waals surface area contributed by atoms with Gasteiger partial charge in [-0.3, -0.25) is 19.1 Å². The van der Waals surface area contributed by atoms with Gasteiger partial charge in [-0.15, -0.1) is 0 Å². The zero-order valence-corrected chi connectivity index (χ0v) is 19.2. The van der Waals surface area contributed by atoms with Gasteiger partial charge in [-0.2, -0.15) is 0 Å². The van der Waals surface area contributed by atoms with Gasteiger partial charge in [-0.1, -0.05) is 50.2 Å². The molecule has 0 saturated heterocycles. The Kier molecular flexibility index (Phi) is 6.98. The minimum atomic E-state index is -0.772. The number of hydrogen-bond acceptors (Lipinski definition) is 3. The standard InChI is InChI=1S/C25H30N4O3/c1-16(2)15-21(26-23(30)20-14-10-9-11-17(20)3)24(31)27-22-18(4)28(5)29(25(22)32)19-12-7-6-8-13-19/h6-14,16,21H,15H2,1-5H3,(H,26,30)(H,27,31). The number of amides is 2. The van der Waals surface area contributed by atoms with Crippen molar-refractivity contribution in [1.29, 1.82) is 0 Å². The lowest BCUT2D eigenvalue weighted by Gasteiger charge is -2.20. The number of carbonyl (C=O) groups excluding carboxylic acids is 2. The monoisotopic (exact) mass is 434 g/mol. The summed E-state index contributed by atoms with van der Waals surface area (Å²) in [5, 5.41) is 5.63. The van der Waals surface area contributed by atoms with Crippen molar-refractivity contribution in [2.75, 3.05) is 5.32 Å². The van der Waals surface area contributed by atoms with E-state index in [-0.39, 0.29) is 23.1 Å². The minimum Gasteiger partial charge on any atom is -0.340 e. The predicted molar refractivity (Wildman–Crippen MR) is 126 cm³/mol. The summed E-state index contributed by atoms with van der Waals surface area (Å²) in [6.45, 7) is 7.60. The molecule has 0 bridgehead atoms. The summed E-state index contributed by atoms with van der Waals surface area (Å²) in [5.74, 6) is -0.553. The van der Waals surface area contributed by atoms with E-state index in [1.54, 1.807) is 30.8 Å². The third-order valence-corrected chi connectivity index (χ3v) is 5.52. The highest BCUT2D eigenvalue weighted by molar-refractivity contribution is 6.01. The Morgan fingerprint density at radius 3 is 2.22 bits per heavy atom. The molecule has 1 unspecified atom stereocenters. The molecule has 3 aromatic rings. The maximum atomic E-state index is 13.2. The van der Waals surface area contributed by atoms with Gasteiger partial charge in [0.1, 0.15) is 11.7 Å². The maximum absolute atomic E-state index is 13.2. The lowest BCUT2D eigenvalue weighted by Crippen LogP contribution is -2.45. The second-order valence-corrected chi connectivity index (χ2v) is 8.40. The van der Waals surface area contributed by atoms with Crippen molar-refractivity contribution in [2.24, 2.45) is 13.0 Å². The van der Waals surface area contributed by atoms with Crippen LogP contribution in [0.25, 0.3) is 5.69 Å². The smallest absolute Gasteiger partial charge is 0.295 e. The fourth-order valence-corrected chi connectivity index (χ4v) is 3.69. The molecule has 0 aliphatic carbocycles. The molecular weight excluding hydrogens is 404 g/mol. The molecule has 1 aromatic heterocycles. The van der Waals surface area contributed by atoms with Crippen LogP contribution in [0.4, 0.5) is 5.69 Å². The SMILES string of the molecule is Cc1ccccc1C(=O)NC(CC(C)C)C(=O)Nc1c(C)n(C)n(-c2ccccc2)c1=O. The first-order valence-electron chi connectivity index (χ1n) is 10.7. The Bertz CT molecular complexity index is 1180. The summed E-state index contributed by atoms with van der Waals surface area (Å²) >= 11 is 0. The van der Waals surface area contributed by atoms with Crippen molar-refractivity contribution < 1.29 is 9.59 Å². The van der Waals surface area contributed by atoms with Crippen LogP contribution >= 0.6 is 0 Å². The van der Waals surface area contributed by atoms with E-state index >= 15 is 0 Å². The minimum absolute atomic E-state index is 0.167. The molecule has 3 rings (SSSR count). The van der Waals surface area contributed by atoms with E-state index in [9.17, 15) is 14.4 Å². The molecule has 168 valence electrons. The first-order valence-corrected chi connectivity index (χ1v) is 10.7. The highest BCUT2D eigenvalue weighted by Gasteiger charge is 2.26. The van der Waals surface area contributed by atoms with Crippen molar-refractivity contribution in [3.05, 3.63) is 81.8 Å². The molecule has 0 aliphatic heterocycles. The highest BCUT2D eigenvalue weighted by Crippen LogP contribution is 2.16. The van der Waals surface area contributed by atoms with Crippen molar-refractivity contribution in [3.8, 4) is 5.69 Å². The first kappa shape index (κ1) is 23.1. The Morgan fingerprint density at radius 2 is 1.59 bits per heavy atom. The number of nitrogens with zero attached hydrogens (tertiary/aromatic N) is 2. The van der Waals surface area contributed by atoms with E-state index in [1.807, 2.05) is 63.2 Å². The van der Waals surface area contributed by atoms with E-state index in [2.05, 4.69) is 10.6 Å². The van der Waals surface area contributed by atoms with Gasteiger partial charge in [0, 0.05) is 12.6 Å². The lowest BCUT2D eigenvalue weighted by atomic mass is 10.0. The first-order chi connectivity index (χ1) is 15.2. The molecule has 7 heteroatoms. The number of benzene rings is 2. The van der Waals surface area contributed by atoms with E-state index in [1.165, 1.54) is 4.68 Å². The molecule has 2 amide bonds. The summed E-state index contributed by atoms with van der Waals surface area (Å²) < 4.78 is 3.21. The number of carbonyl (C=O) groups is 2. The summed E-state index contributed by atoms with van der Waals surface area (Å²) in [6, 6.07) is 15.7. The Balaban J connectivity index is 1.88. The molecule has 0 aliphatic rings. The van der Waals surface area contributed by atoms with Crippen LogP contribution in [0.15, 0.2) is 59.4 Å². The average molecular weight is 435 g/mol. The number of aryl methyl sites for hydroxylation is 1. The molecule has 1 heterocycles. The topological polar surface area (TPSA) is 85.1 Å². The van der Waals surface area contributed by atoms with Crippen LogP contribution in [0.3, 0.4) is 0 Å². The Labute approximate surface area is 188 Å². The van der Waals surface area contributed by atoms with Gasteiger partial charge in [0.25, 0.3) is 11.5 Å². The maximum Gasteiger partial charge on any atom is 0.295 e. The van der Waals surface area contributed by atoms with Crippen LogP contribution in [0.1, 0.15) is 41.9 Å². The second kappa shape index (κ2) is 9.68. The van der Waals surface area contributed by atoms with Crippen molar-refractivity contribution in [2.45, 2.75) is 40.2 Å². The molecular formula is C25H30N4O3. The van der Waals surface area contributed by atoms with Crippen LogP contribution in [-0.4, -0.2) is 27.2 Å². The molecule has 2 N–H and O–H groups in total. The van der Waals surface area contributed by atoms with Crippen LogP contribution < -0.4 is 16.2 Å². The average Bonchev–Trinajstić information content (AvgIpc) is 2.96. The molecule has 0 spiro atoms. The van der Waals surface area contributed by atoms with Gasteiger partial charge in [0.2, 0.25) is 5.91 Å². The number of anilines is 1. The third kappa shape index (κ3) is 4.82. The van der Waals surface area contributed by atoms with E-state index in [0.29, 0.717) is 23.4 Å². The number of nitrogens with one attached hydrogen (secondary N) is 2. The van der Waals surface area contributed by atoms with Crippen LogP contribution in [0.2, 0.25) is 0 Å². The zero-order valence-electron chi connectivity index (χ0n) is 19.2. The fourth-order valence-electron chi connectivity index (χ4n) is 3.69. The number of aromatic nitrogens is 2. The fraction of sp³-hybridized carbons (Fsp3) is 0.320. The van der Waals surface area contributed by atoms with Gasteiger partial charge in [0.15, 0.2) is 0 Å². The summed E-state index contributed by atoms with van der Waals surface area (Å²) in [5.41, 5.74) is 2.57. The number of hydrogen-bond donors (Lipinski definition) is 2. The zero-order chi connectivity index (χ0) is 23.4. The van der Waals surface area contributed by atoms with E-state index < -0.39 is 11.9 Å². The van der Waals surface area contributed by atoms with Gasteiger partial charge >= 0.3 is 0 Å². The summed E-state index contributed by atoms with van der Waals surface area (Å²) in [6.07, 6.45) is 0.447. The number of para-hydroxylation sites is 1. The van der Waals surface area contributed by atoms with Crippen molar-refractivity contribution in [1.82, 2.24) is 14.7 Å².